The van der Waals surface area contributed by atoms with Crippen molar-refractivity contribution in [3.05, 3.63) is 24.3 Å². The third kappa shape index (κ3) is 40.8. The van der Waals surface area contributed by atoms with E-state index in [1.807, 2.05) is 0 Å². The zero-order valence-corrected chi connectivity index (χ0v) is 38.0. The largest absolute Gasteiger partial charge is 0.466 e. The van der Waals surface area contributed by atoms with Gasteiger partial charge in [-0.05, 0) is 102 Å². The Morgan fingerprint density at radius 2 is 1.00 bits per heavy atom. The Labute approximate surface area is 352 Å². The number of allylic oxidation sites excluding steroid dienone is 4. The molecule has 0 rings (SSSR count). The third-order valence-corrected chi connectivity index (χ3v) is 10.7. The summed E-state index contributed by atoms with van der Waals surface area (Å²) in [5, 5.41) is 9.58. The maximum atomic E-state index is 12.5. The van der Waals surface area contributed by atoms with E-state index in [-0.39, 0.29) is 24.8 Å². The predicted octanol–water partition coefficient (Wildman–Crippen LogP) is 12.8. The molecule has 0 aliphatic carbocycles. The average molecular weight is 808 g/mol. The summed E-state index contributed by atoms with van der Waals surface area (Å²) in [6.45, 7) is 14.0. The number of hydrogen-bond acceptors (Lipinski definition) is 8. The monoisotopic (exact) mass is 808 g/mol. The molecule has 0 spiro atoms. The van der Waals surface area contributed by atoms with Gasteiger partial charge in [0.2, 0.25) is 0 Å². The molecule has 57 heavy (non-hydrogen) atoms. The Bertz CT molecular complexity index is 876. The number of esters is 2. The summed E-state index contributed by atoms with van der Waals surface area (Å²) in [5.74, 6) is 0.493. The molecule has 8 nitrogen and oxygen atoms in total. The lowest BCUT2D eigenvalue weighted by Gasteiger charge is -2.21. The number of rotatable bonds is 45. The second-order valence-electron chi connectivity index (χ2n) is 16.0. The standard InChI is InChI=1S/C49H93NO7/c1-5-9-13-15-21-30-43-56-49(57-44-31-22-16-14-10-6-2)36-35-48(53)54-42-29-23-20-28-39-50(40-41-51)38-27-19-17-18-26-34-47(52)55-45-37-46(32-24-11-7-3)33-25-12-8-4/h9-10,13-14,46,49,51H,5-8,11-12,15-45H2,1-4H3/b13-9-,14-10-. The van der Waals surface area contributed by atoms with E-state index in [4.69, 9.17) is 18.9 Å². The number of aliphatic hydroxyl groups is 1. The van der Waals surface area contributed by atoms with Crippen LogP contribution in [0.3, 0.4) is 0 Å². The van der Waals surface area contributed by atoms with Gasteiger partial charge in [-0.2, -0.15) is 0 Å². The molecule has 0 heterocycles. The maximum Gasteiger partial charge on any atom is 0.305 e. The third-order valence-electron chi connectivity index (χ3n) is 10.7. The summed E-state index contributed by atoms with van der Waals surface area (Å²) in [6, 6.07) is 0. The summed E-state index contributed by atoms with van der Waals surface area (Å²) in [7, 11) is 0. The highest BCUT2D eigenvalue weighted by Crippen LogP contribution is 2.21. The Kier molecular flexibility index (Phi) is 44.0. The van der Waals surface area contributed by atoms with Crippen molar-refractivity contribution in [2.24, 2.45) is 5.92 Å². The van der Waals surface area contributed by atoms with Crippen LogP contribution in [0.2, 0.25) is 0 Å². The fourth-order valence-corrected chi connectivity index (χ4v) is 7.05. The van der Waals surface area contributed by atoms with E-state index in [2.05, 4.69) is 56.9 Å². The fraction of sp³-hybridized carbons (Fsp3) is 0.878. The zero-order chi connectivity index (χ0) is 41.7. The van der Waals surface area contributed by atoms with E-state index < -0.39 is 0 Å². The SMILES string of the molecule is CC/C=C\CCCCOC(CCC(=O)OCCCCCCN(CCO)CCCCCCCC(=O)OCCC(CCCCC)CCCCC)OCCCC/C=C\CC. The van der Waals surface area contributed by atoms with Crippen LogP contribution in [0.4, 0.5) is 0 Å². The average Bonchev–Trinajstić information content (AvgIpc) is 3.20. The van der Waals surface area contributed by atoms with Crippen LogP contribution in [0.15, 0.2) is 24.3 Å². The molecule has 0 aromatic rings. The minimum absolute atomic E-state index is 0.0305. The molecule has 0 saturated heterocycles. The normalized spacial score (nSPS) is 12.0. The van der Waals surface area contributed by atoms with Crippen molar-refractivity contribution in [3.8, 4) is 0 Å². The number of carbonyl (C=O) groups is 2. The van der Waals surface area contributed by atoms with Gasteiger partial charge in [0.1, 0.15) is 0 Å². The van der Waals surface area contributed by atoms with Gasteiger partial charge in [0.15, 0.2) is 6.29 Å². The van der Waals surface area contributed by atoms with E-state index in [1.165, 1.54) is 51.4 Å². The first-order valence-corrected chi connectivity index (χ1v) is 24.2. The Balaban J connectivity index is 4.09. The first-order chi connectivity index (χ1) is 28.0. The topological polar surface area (TPSA) is 94.5 Å². The van der Waals surface area contributed by atoms with Gasteiger partial charge < -0.3 is 29.0 Å². The maximum absolute atomic E-state index is 12.5. The molecular formula is C49H93NO7. The molecular weight excluding hydrogens is 715 g/mol. The molecule has 0 unspecified atom stereocenters. The van der Waals surface area contributed by atoms with Gasteiger partial charge in [0.25, 0.3) is 0 Å². The minimum atomic E-state index is -0.361. The van der Waals surface area contributed by atoms with Gasteiger partial charge in [-0.25, -0.2) is 0 Å². The van der Waals surface area contributed by atoms with Crippen LogP contribution in [-0.2, 0) is 28.5 Å². The molecule has 0 fully saturated rings. The summed E-state index contributed by atoms with van der Waals surface area (Å²) >= 11 is 0. The summed E-state index contributed by atoms with van der Waals surface area (Å²) in [6.07, 6.45) is 39.0. The lowest BCUT2D eigenvalue weighted by molar-refractivity contribution is -0.159. The van der Waals surface area contributed by atoms with Crippen LogP contribution < -0.4 is 0 Å². The van der Waals surface area contributed by atoms with E-state index in [0.717, 1.165) is 129 Å². The molecule has 1 N–H and O–H groups in total. The summed E-state index contributed by atoms with van der Waals surface area (Å²) in [5.41, 5.74) is 0. The van der Waals surface area contributed by atoms with E-state index in [9.17, 15) is 14.7 Å². The molecule has 336 valence electrons. The molecule has 0 atom stereocenters. The highest BCUT2D eigenvalue weighted by molar-refractivity contribution is 5.69. The van der Waals surface area contributed by atoms with E-state index in [1.54, 1.807) is 0 Å². The molecule has 0 amide bonds. The summed E-state index contributed by atoms with van der Waals surface area (Å²) < 4.78 is 23.2. The molecule has 8 heteroatoms. The van der Waals surface area contributed by atoms with Crippen LogP contribution in [0.25, 0.3) is 0 Å². The van der Waals surface area contributed by atoms with Crippen molar-refractivity contribution in [2.45, 2.75) is 220 Å². The van der Waals surface area contributed by atoms with Gasteiger partial charge in [0, 0.05) is 32.6 Å². The van der Waals surface area contributed by atoms with Crippen molar-refractivity contribution in [2.75, 3.05) is 52.7 Å². The van der Waals surface area contributed by atoms with Crippen molar-refractivity contribution >= 4 is 11.9 Å². The number of nitrogens with zero attached hydrogens (tertiary/aromatic N) is 1. The number of hydrogen-bond donors (Lipinski definition) is 1. The predicted molar refractivity (Wildman–Crippen MR) is 239 cm³/mol. The zero-order valence-electron chi connectivity index (χ0n) is 38.0. The molecule has 0 radical (unpaired) electrons. The number of ether oxygens (including phenoxy) is 4. The molecule has 0 saturated carbocycles. The van der Waals surface area contributed by atoms with Crippen LogP contribution >= 0.6 is 0 Å². The molecule has 0 bridgehead atoms. The Hall–Kier alpha value is -1.74. The van der Waals surface area contributed by atoms with Crippen LogP contribution in [0, 0.1) is 5.92 Å². The number of aliphatic hydroxyl groups excluding tert-OH is 1. The van der Waals surface area contributed by atoms with Gasteiger partial charge >= 0.3 is 11.9 Å². The molecule has 0 aliphatic heterocycles. The molecule has 0 aromatic heterocycles. The summed E-state index contributed by atoms with van der Waals surface area (Å²) in [4.78, 5) is 27.2. The first kappa shape index (κ1) is 55.3. The Morgan fingerprint density at radius 1 is 0.491 bits per heavy atom. The second kappa shape index (κ2) is 45.3. The van der Waals surface area contributed by atoms with Gasteiger partial charge in [-0.1, -0.05) is 135 Å². The number of carbonyl (C=O) groups excluding carboxylic acids is 2. The van der Waals surface area contributed by atoms with E-state index in [0.29, 0.717) is 58.2 Å². The van der Waals surface area contributed by atoms with Crippen LogP contribution in [0.1, 0.15) is 214 Å². The van der Waals surface area contributed by atoms with Gasteiger partial charge in [0.05, 0.1) is 26.2 Å². The lowest BCUT2D eigenvalue weighted by atomic mass is 9.92. The van der Waals surface area contributed by atoms with Crippen molar-refractivity contribution in [1.29, 1.82) is 0 Å². The quantitative estimate of drug-likeness (QED) is 0.0281. The lowest BCUT2D eigenvalue weighted by Crippen LogP contribution is -2.29. The fourth-order valence-electron chi connectivity index (χ4n) is 7.05. The van der Waals surface area contributed by atoms with Crippen molar-refractivity contribution in [3.63, 3.8) is 0 Å². The Morgan fingerprint density at radius 3 is 1.56 bits per heavy atom. The molecule has 0 aliphatic rings. The van der Waals surface area contributed by atoms with Gasteiger partial charge in [-0.15, -0.1) is 0 Å². The molecule has 0 aromatic carbocycles. The number of unbranched alkanes of at least 4 members (excludes halogenated alkanes) is 15. The highest BCUT2D eigenvalue weighted by atomic mass is 16.7. The smallest absolute Gasteiger partial charge is 0.305 e. The van der Waals surface area contributed by atoms with Crippen molar-refractivity contribution < 1.29 is 33.6 Å². The minimum Gasteiger partial charge on any atom is -0.466 e. The van der Waals surface area contributed by atoms with E-state index >= 15 is 0 Å². The van der Waals surface area contributed by atoms with Gasteiger partial charge in [-0.3, -0.25) is 9.59 Å². The first-order valence-electron chi connectivity index (χ1n) is 24.2. The van der Waals surface area contributed by atoms with Crippen molar-refractivity contribution in [1.82, 2.24) is 4.90 Å². The van der Waals surface area contributed by atoms with Crippen LogP contribution in [0.5, 0.6) is 0 Å². The van der Waals surface area contributed by atoms with Crippen LogP contribution in [-0.4, -0.2) is 80.9 Å². The highest BCUT2D eigenvalue weighted by Gasteiger charge is 2.14. The second-order valence-corrected chi connectivity index (χ2v) is 16.0.